The van der Waals surface area contributed by atoms with Gasteiger partial charge in [-0.25, -0.2) is 0 Å². The summed E-state index contributed by atoms with van der Waals surface area (Å²) in [6.45, 7) is 4.94. The molecule has 1 aromatic rings. The molecule has 1 saturated carbocycles. The molecule has 1 amide bonds. The molecule has 0 radical (unpaired) electrons. The fourth-order valence-electron chi connectivity index (χ4n) is 4.71. The zero-order chi connectivity index (χ0) is 18.0. The largest absolute Gasteiger partial charge is 0.398 e. The molecule has 1 heterocycles. The number of likely N-dealkylation sites (tertiary alicyclic amines) is 1. The molecule has 1 aliphatic heterocycles. The lowest BCUT2D eigenvalue weighted by atomic mass is 9.70. The summed E-state index contributed by atoms with van der Waals surface area (Å²) in [7, 11) is 2.07. The Morgan fingerprint density at radius 1 is 1.20 bits per heavy atom. The van der Waals surface area contributed by atoms with Gasteiger partial charge in [-0.05, 0) is 37.1 Å². The summed E-state index contributed by atoms with van der Waals surface area (Å²) in [5.41, 5.74) is 15.8. The number of nitrogen functional groups attached to an aromatic ring is 1. The molecule has 3 atom stereocenters. The van der Waals surface area contributed by atoms with E-state index in [1.807, 2.05) is 12.1 Å². The van der Waals surface area contributed by atoms with Gasteiger partial charge in [-0.1, -0.05) is 50.8 Å². The number of anilines is 1. The van der Waals surface area contributed by atoms with Crippen LogP contribution in [-0.2, 0) is 4.79 Å². The molecule has 4 N–H and O–H groups in total. The van der Waals surface area contributed by atoms with Crippen LogP contribution in [-0.4, -0.2) is 30.4 Å². The summed E-state index contributed by atoms with van der Waals surface area (Å²) >= 11 is 0. The van der Waals surface area contributed by atoms with E-state index in [2.05, 4.69) is 24.6 Å². The van der Waals surface area contributed by atoms with E-state index in [1.54, 1.807) is 0 Å². The van der Waals surface area contributed by atoms with E-state index < -0.39 is 0 Å². The predicted molar refractivity (Wildman–Crippen MR) is 104 cm³/mol. The first-order valence-corrected chi connectivity index (χ1v) is 9.55. The van der Waals surface area contributed by atoms with E-state index in [1.165, 1.54) is 37.7 Å². The number of nitrogens with two attached hydrogens (primary N) is 2. The molecule has 1 saturated heterocycles. The third-order valence-electron chi connectivity index (χ3n) is 6.07. The molecule has 2 fully saturated rings. The topological polar surface area (TPSA) is 72.4 Å². The van der Waals surface area contributed by atoms with Crippen molar-refractivity contribution in [3.8, 4) is 0 Å². The van der Waals surface area contributed by atoms with Crippen molar-refractivity contribution < 1.29 is 4.79 Å². The van der Waals surface area contributed by atoms with Crippen LogP contribution >= 0.6 is 0 Å². The van der Waals surface area contributed by atoms with Gasteiger partial charge in [-0.3, -0.25) is 4.79 Å². The maximum atomic E-state index is 11.6. The monoisotopic (exact) mass is 341 g/mol. The second-order valence-corrected chi connectivity index (χ2v) is 7.84. The summed E-state index contributed by atoms with van der Waals surface area (Å²) in [5, 5.41) is 0. The van der Waals surface area contributed by atoms with Crippen LogP contribution < -0.4 is 11.5 Å². The number of carbonyl (C=O) groups is 1. The molecular formula is C21H31N3O. The first-order valence-electron chi connectivity index (χ1n) is 9.55. The van der Waals surface area contributed by atoms with Gasteiger partial charge in [-0.2, -0.15) is 0 Å². The van der Waals surface area contributed by atoms with Crippen LogP contribution in [0.25, 0.3) is 5.57 Å². The first-order chi connectivity index (χ1) is 12.0. The fraction of sp³-hybridized carbons (Fsp3) is 0.571. The second-order valence-electron chi connectivity index (χ2n) is 7.84. The number of carbonyl (C=O) groups excluding carboxylic acids is 1. The molecule has 2 aliphatic carbocycles. The minimum Gasteiger partial charge on any atom is -0.398 e. The maximum absolute atomic E-state index is 11.6. The quantitative estimate of drug-likeness (QED) is 0.768. The third-order valence-corrected chi connectivity index (χ3v) is 6.07. The van der Waals surface area contributed by atoms with Crippen molar-refractivity contribution >= 4 is 17.2 Å². The van der Waals surface area contributed by atoms with E-state index >= 15 is 0 Å². The summed E-state index contributed by atoms with van der Waals surface area (Å²) < 4.78 is 0. The molecule has 4 heteroatoms. The van der Waals surface area contributed by atoms with Crippen molar-refractivity contribution in [3.63, 3.8) is 0 Å². The van der Waals surface area contributed by atoms with Crippen molar-refractivity contribution in [2.45, 2.75) is 56.9 Å². The van der Waals surface area contributed by atoms with Crippen LogP contribution in [0.1, 0.15) is 62.0 Å². The Morgan fingerprint density at radius 2 is 1.84 bits per heavy atom. The summed E-state index contributed by atoms with van der Waals surface area (Å²) in [4.78, 5) is 13.8. The van der Waals surface area contributed by atoms with Crippen molar-refractivity contribution in [2.75, 3.05) is 19.3 Å². The summed E-state index contributed by atoms with van der Waals surface area (Å²) in [6.07, 6.45) is 9.22. The molecule has 0 bridgehead atoms. The van der Waals surface area contributed by atoms with Gasteiger partial charge in [0, 0.05) is 29.8 Å². The number of nitrogens with zero attached hydrogens (tertiary/aromatic N) is 1. The van der Waals surface area contributed by atoms with E-state index in [0.717, 1.165) is 36.2 Å². The van der Waals surface area contributed by atoms with E-state index in [0.29, 0.717) is 12.0 Å². The van der Waals surface area contributed by atoms with Crippen LogP contribution in [0.5, 0.6) is 0 Å². The molecule has 136 valence electrons. The number of hydrogen-bond acceptors (Lipinski definition) is 3. The molecule has 0 aromatic heterocycles. The van der Waals surface area contributed by atoms with Crippen molar-refractivity contribution in [3.05, 3.63) is 35.9 Å². The van der Waals surface area contributed by atoms with Crippen molar-refractivity contribution in [1.82, 2.24) is 4.90 Å². The Bertz CT molecular complexity index is 643. The van der Waals surface area contributed by atoms with Crippen molar-refractivity contribution in [1.29, 1.82) is 0 Å². The van der Waals surface area contributed by atoms with Crippen LogP contribution in [0.4, 0.5) is 5.69 Å². The second kappa shape index (κ2) is 7.61. The molecule has 4 rings (SSSR count). The van der Waals surface area contributed by atoms with Crippen LogP contribution in [0.2, 0.25) is 0 Å². The number of amides is 1. The lowest BCUT2D eigenvalue weighted by molar-refractivity contribution is -0.124. The smallest absolute Gasteiger partial charge is 0.221 e. The molecule has 0 spiro atoms. The zero-order valence-electron chi connectivity index (χ0n) is 15.3. The molecule has 2 unspecified atom stereocenters. The normalized spacial score (nSPS) is 28.5. The molecular weight excluding hydrogens is 310 g/mol. The molecule has 4 nitrogen and oxygen atoms in total. The van der Waals surface area contributed by atoms with Crippen molar-refractivity contribution in [2.24, 2.45) is 11.7 Å². The fourth-order valence-corrected chi connectivity index (χ4v) is 4.71. The Hall–Kier alpha value is -1.81. The van der Waals surface area contributed by atoms with Crippen LogP contribution in [0, 0.1) is 5.92 Å². The number of rotatable bonds is 1. The molecule has 1 aromatic carbocycles. The minimum absolute atomic E-state index is 0.0816. The lowest BCUT2D eigenvalue weighted by Crippen LogP contribution is -2.50. The first kappa shape index (κ1) is 18.0. The maximum Gasteiger partial charge on any atom is 0.221 e. The van der Waals surface area contributed by atoms with E-state index in [9.17, 15) is 4.79 Å². The van der Waals surface area contributed by atoms with Gasteiger partial charge in [0.15, 0.2) is 0 Å². The van der Waals surface area contributed by atoms with Gasteiger partial charge in [0.2, 0.25) is 5.91 Å². The molecule has 3 aliphatic rings. The van der Waals surface area contributed by atoms with Gasteiger partial charge in [-0.15, -0.1) is 0 Å². The van der Waals surface area contributed by atoms with E-state index in [-0.39, 0.29) is 11.8 Å². The third kappa shape index (κ3) is 3.74. The standard InChI is InChI=1S/C16H21N3O.C5H10/c1-9-6-14-12(7-10(16(18)20)8-19(14)2)11-4-3-5-13(17)15(9)11;1-2-4-5-3-1/h3-5,10,12,14H,1,6-8,17H2,2H3,(H2,18,20);1-5H2/t10-,12?,14?;/m1./s1. The zero-order valence-corrected chi connectivity index (χ0v) is 15.3. The number of fused-ring (bicyclic) bond motifs is 3. The Balaban J connectivity index is 0.000000314. The Morgan fingerprint density at radius 3 is 2.44 bits per heavy atom. The van der Waals surface area contributed by atoms with Gasteiger partial charge >= 0.3 is 0 Å². The average Bonchev–Trinajstić information content (AvgIpc) is 3.15. The highest BCUT2D eigenvalue weighted by Gasteiger charge is 2.41. The summed E-state index contributed by atoms with van der Waals surface area (Å²) in [5.74, 6) is 0.0299. The lowest BCUT2D eigenvalue weighted by Gasteiger charge is -2.46. The van der Waals surface area contributed by atoms with Gasteiger partial charge in [0.1, 0.15) is 0 Å². The number of likely N-dealkylation sites (N-methyl/N-ethyl adjacent to an activating group) is 1. The number of primary amides is 1. The SMILES string of the molecule is C1CCCC1.C=C1CC2C(C[C@@H](C(N)=O)CN2C)c2cccc(N)c21. The highest BCUT2D eigenvalue weighted by molar-refractivity contribution is 5.80. The number of hydrogen-bond donors (Lipinski definition) is 2. The van der Waals surface area contributed by atoms with Crippen LogP contribution in [0.15, 0.2) is 24.8 Å². The van der Waals surface area contributed by atoms with Crippen LogP contribution in [0.3, 0.4) is 0 Å². The average molecular weight is 341 g/mol. The van der Waals surface area contributed by atoms with Gasteiger partial charge < -0.3 is 16.4 Å². The highest BCUT2D eigenvalue weighted by Crippen LogP contribution is 2.46. The van der Waals surface area contributed by atoms with Gasteiger partial charge in [0.05, 0.1) is 5.92 Å². The Kier molecular flexibility index (Phi) is 5.48. The Labute approximate surface area is 151 Å². The van der Waals surface area contributed by atoms with Gasteiger partial charge in [0.25, 0.3) is 0 Å². The minimum atomic E-state index is -0.204. The highest BCUT2D eigenvalue weighted by atomic mass is 16.1. The molecule has 25 heavy (non-hydrogen) atoms. The van der Waals surface area contributed by atoms with E-state index in [4.69, 9.17) is 11.5 Å². The summed E-state index contributed by atoms with van der Waals surface area (Å²) in [6, 6.07) is 6.41. The number of piperidine rings is 1. The number of benzene rings is 1. The predicted octanol–water partition coefficient (Wildman–Crippen LogP) is 3.53.